The Bertz CT molecular complexity index is 875. The molecule has 8 nitrogen and oxygen atoms in total. The summed E-state index contributed by atoms with van der Waals surface area (Å²) in [7, 11) is 0. The van der Waals surface area contributed by atoms with Crippen molar-refractivity contribution in [2.45, 2.75) is 39.0 Å². The number of carbonyl (C=O) groups excluding carboxylic acids is 3. The normalized spacial score (nSPS) is 16.3. The van der Waals surface area contributed by atoms with Crippen LogP contribution < -0.4 is 10.6 Å². The molecule has 1 aliphatic heterocycles. The minimum absolute atomic E-state index is 0.00609. The molecule has 1 atom stereocenters. The lowest BCUT2D eigenvalue weighted by Crippen LogP contribution is -2.39. The Morgan fingerprint density at radius 2 is 2.00 bits per heavy atom. The van der Waals surface area contributed by atoms with Crippen molar-refractivity contribution in [1.82, 2.24) is 15.4 Å². The zero-order chi connectivity index (χ0) is 20.8. The number of piperidine rings is 1. The van der Waals surface area contributed by atoms with Gasteiger partial charge in [0.25, 0.3) is 11.8 Å². The maximum absolute atomic E-state index is 12.9. The number of likely N-dealkylation sites (tertiary alicyclic amines) is 1. The molecule has 3 amide bonds. The number of rotatable bonds is 6. The lowest BCUT2D eigenvalue weighted by Gasteiger charge is -2.31. The fourth-order valence-corrected chi connectivity index (χ4v) is 3.39. The van der Waals surface area contributed by atoms with Gasteiger partial charge < -0.3 is 20.1 Å². The van der Waals surface area contributed by atoms with Gasteiger partial charge in [-0.05, 0) is 43.5 Å². The molecule has 2 aromatic rings. The molecule has 0 bridgehead atoms. The second-order valence-corrected chi connectivity index (χ2v) is 7.22. The highest BCUT2D eigenvalue weighted by Gasteiger charge is 2.28. The highest BCUT2D eigenvalue weighted by Crippen LogP contribution is 2.28. The van der Waals surface area contributed by atoms with E-state index in [1.165, 1.54) is 6.92 Å². The smallest absolute Gasteiger partial charge is 0.273 e. The number of carbonyl (C=O) groups is 3. The molecule has 2 N–H and O–H groups in total. The molecule has 3 rings (SSSR count). The molecule has 154 valence electrons. The molecule has 0 radical (unpaired) electrons. The van der Waals surface area contributed by atoms with Crippen LogP contribution >= 0.6 is 0 Å². The van der Waals surface area contributed by atoms with Gasteiger partial charge in [0.2, 0.25) is 5.91 Å². The SMILES string of the molecule is CCCNC(=O)c1cc(C2CCCN(C(=O)c3ccc(NC(C)=O)cc3)C2)on1. The molecule has 1 aromatic heterocycles. The fraction of sp³-hybridized carbons (Fsp3) is 0.429. The molecule has 1 fully saturated rings. The maximum Gasteiger partial charge on any atom is 0.273 e. The summed E-state index contributed by atoms with van der Waals surface area (Å²) in [6, 6.07) is 8.52. The minimum Gasteiger partial charge on any atom is -0.360 e. The van der Waals surface area contributed by atoms with Crippen LogP contribution in [-0.2, 0) is 4.79 Å². The number of hydrogen-bond donors (Lipinski definition) is 2. The van der Waals surface area contributed by atoms with Gasteiger partial charge in [-0.3, -0.25) is 14.4 Å². The van der Waals surface area contributed by atoms with E-state index in [0.717, 1.165) is 19.3 Å². The first-order valence-electron chi connectivity index (χ1n) is 9.89. The van der Waals surface area contributed by atoms with Crippen molar-refractivity contribution in [3.8, 4) is 0 Å². The van der Waals surface area contributed by atoms with Crippen LogP contribution in [0.5, 0.6) is 0 Å². The average molecular weight is 398 g/mol. The van der Waals surface area contributed by atoms with Gasteiger partial charge in [-0.15, -0.1) is 0 Å². The third-order valence-electron chi connectivity index (χ3n) is 4.86. The second-order valence-electron chi connectivity index (χ2n) is 7.22. The van der Waals surface area contributed by atoms with E-state index in [1.807, 2.05) is 6.92 Å². The summed E-state index contributed by atoms with van der Waals surface area (Å²) in [6.45, 7) is 5.19. The molecule has 1 aromatic carbocycles. The Hall–Kier alpha value is -3.16. The second kappa shape index (κ2) is 9.36. The van der Waals surface area contributed by atoms with E-state index < -0.39 is 0 Å². The highest BCUT2D eigenvalue weighted by atomic mass is 16.5. The number of amides is 3. The van der Waals surface area contributed by atoms with E-state index in [-0.39, 0.29) is 29.3 Å². The standard InChI is InChI=1S/C21H26N4O4/c1-3-10-22-20(27)18-12-19(29-24-18)16-5-4-11-25(13-16)21(28)15-6-8-17(9-7-15)23-14(2)26/h6-9,12,16H,3-5,10-11,13H2,1-2H3,(H,22,27)(H,23,26). The molecule has 8 heteroatoms. The largest absolute Gasteiger partial charge is 0.360 e. The molecule has 0 aliphatic carbocycles. The summed E-state index contributed by atoms with van der Waals surface area (Å²) in [5.41, 5.74) is 1.49. The molecule has 1 saturated heterocycles. The summed E-state index contributed by atoms with van der Waals surface area (Å²) >= 11 is 0. The number of anilines is 1. The maximum atomic E-state index is 12.9. The Kier molecular flexibility index (Phi) is 6.64. The van der Waals surface area contributed by atoms with Gasteiger partial charge in [0.15, 0.2) is 5.69 Å². The zero-order valence-electron chi connectivity index (χ0n) is 16.7. The molecule has 29 heavy (non-hydrogen) atoms. The molecule has 0 saturated carbocycles. The van der Waals surface area contributed by atoms with E-state index in [4.69, 9.17) is 4.52 Å². The van der Waals surface area contributed by atoms with Crippen LogP contribution in [0.2, 0.25) is 0 Å². The number of nitrogens with one attached hydrogen (secondary N) is 2. The number of aromatic nitrogens is 1. The van der Waals surface area contributed by atoms with Crippen molar-refractivity contribution in [3.05, 3.63) is 47.3 Å². The Morgan fingerprint density at radius 1 is 1.24 bits per heavy atom. The first-order valence-corrected chi connectivity index (χ1v) is 9.89. The van der Waals surface area contributed by atoms with Crippen molar-refractivity contribution in [2.75, 3.05) is 25.0 Å². The third-order valence-corrected chi connectivity index (χ3v) is 4.86. The summed E-state index contributed by atoms with van der Waals surface area (Å²) in [6.07, 6.45) is 2.57. The van der Waals surface area contributed by atoms with Gasteiger partial charge in [-0.25, -0.2) is 0 Å². The van der Waals surface area contributed by atoms with Gasteiger partial charge in [-0.2, -0.15) is 0 Å². The molecular formula is C21H26N4O4. The van der Waals surface area contributed by atoms with Crippen LogP contribution in [0.1, 0.15) is 65.6 Å². The van der Waals surface area contributed by atoms with E-state index in [1.54, 1.807) is 35.2 Å². The quantitative estimate of drug-likeness (QED) is 0.779. The van der Waals surface area contributed by atoms with E-state index in [0.29, 0.717) is 36.6 Å². The Labute approximate surface area is 169 Å². The molecule has 1 unspecified atom stereocenters. The Balaban J connectivity index is 1.64. The van der Waals surface area contributed by atoms with Gasteiger partial charge in [0.05, 0.1) is 0 Å². The summed E-state index contributed by atoms with van der Waals surface area (Å²) < 4.78 is 5.40. The average Bonchev–Trinajstić information content (AvgIpc) is 3.22. The lowest BCUT2D eigenvalue weighted by atomic mass is 9.94. The zero-order valence-corrected chi connectivity index (χ0v) is 16.7. The predicted octanol–water partition coefficient (Wildman–Crippen LogP) is 2.79. The van der Waals surface area contributed by atoms with Gasteiger partial charge in [0, 0.05) is 49.8 Å². The van der Waals surface area contributed by atoms with E-state index in [9.17, 15) is 14.4 Å². The van der Waals surface area contributed by atoms with Crippen LogP contribution in [0, 0.1) is 0 Å². The minimum atomic E-state index is -0.246. The molecule has 0 spiro atoms. The summed E-state index contributed by atoms with van der Waals surface area (Å²) in [5, 5.41) is 9.35. The Morgan fingerprint density at radius 3 is 2.69 bits per heavy atom. The van der Waals surface area contributed by atoms with Crippen LogP contribution in [0.3, 0.4) is 0 Å². The number of hydrogen-bond acceptors (Lipinski definition) is 5. The van der Waals surface area contributed by atoms with Crippen molar-refractivity contribution in [2.24, 2.45) is 0 Å². The summed E-state index contributed by atoms with van der Waals surface area (Å²) in [4.78, 5) is 37.8. The molecule has 2 heterocycles. The predicted molar refractivity (Wildman–Crippen MR) is 108 cm³/mol. The van der Waals surface area contributed by atoms with E-state index in [2.05, 4.69) is 15.8 Å². The first-order chi connectivity index (χ1) is 14.0. The van der Waals surface area contributed by atoms with Gasteiger partial charge >= 0.3 is 0 Å². The first kappa shape index (κ1) is 20.6. The number of nitrogens with zero attached hydrogens (tertiary/aromatic N) is 2. The van der Waals surface area contributed by atoms with Crippen LogP contribution in [0.25, 0.3) is 0 Å². The fourth-order valence-electron chi connectivity index (χ4n) is 3.39. The third kappa shape index (κ3) is 5.22. The lowest BCUT2D eigenvalue weighted by molar-refractivity contribution is -0.114. The van der Waals surface area contributed by atoms with E-state index >= 15 is 0 Å². The van der Waals surface area contributed by atoms with Crippen molar-refractivity contribution >= 4 is 23.4 Å². The number of benzene rings is 1. The van der Waals surface area contributed by atoms with Crippen molar-refractivity contribution in [3.63, 3.8) is 0 Å². The molecule has 1 aliphatic rings. The highest BCUT2D eigenvalue weighted by molar-refractivity contribution is 5.95. The molecular weight excluding hydrogens is 372 g/mol. The van der Waals surface area contributed by atoms with Crippen LogP contribution in [0.15, 0.2) is 34.9 Å². The van der Waals surface area contributed by atoms with Gasteiger partial charge in [-0.1, -0.05) is 12.1 Å². The monoisotopic (exact) mass is 398 g/mol. The van der Waals surface area contributed by atoms with Gasteiger partial charge in [0.1, 0.15) is 5.76 Å². The van der Waals surface area contributed by atoms with Crippen molar-refractivity contribution in [1.29, 1.82) is 0 Å². The topological polar surface area (TPSA) is 105 Å². The summed E-state index contributed by atoms with van der Waals surface area (Å²) in [5.74, 6) is 0.170. The van der Waals surface area contributed by atoms with Crippen LogP contribution in [0.4, 0.5) is 5.69 Å². The van der Waals surface area contributed by atoms with Crippen LogP contribution in [-0.4, -0.2) is 47.4 Å². The van der Waals surface area contributed by atoms with Crippen molar-refractivity contribution < 1.29 is 18.9 Å².